The minimum atomic E-state index is -1.19. The van der Waals surface area contributed by atoms with E-state index in [-0.39, 0.29) is 30.4 Å². The van der Waals surface area contributed by atoms with Crippen molar-refractivity contribution in [2.75, 3.05) is 0 Å². The molecule has 3 rings (SSSR count). The maximum absolute atomic E-state index is 13.2. The Morgan fingerprint density at radius 3 is 2.36 bits per heavy atom. The van der Waals surface area contributed by atoms with Gasteiger partial charge in [0.1, 0.15) is 23.8 Å². The third-order valence-corrected chi connectivity index (χ3v) is 3.46. The minimum absolute atomic E-state index is 0.0188. The summed E-state index contributed by atoms with van der Waals surface area (Å²) in [6.07, 6.45) is 1.31. The summed E-state index contributed by atoms with van der Waals surface area (Å²) in [6, 6.07) is 11.7. The van der Waals surface area contributed by atoms with Gasteiger partial charge in [0.05, 0.1) is 6.54 Å². The second-order valence-electron chi connectivity index (χ2n) is 5.40. The molecule has 0 fully saturated rings. The van der Waals surface area contributed by atoms with Crippen LogP contribution in [0.3, 0.4) is 0 Å². The number of rotatable bonds is 6. The van der Waals surface area contributed by atoms with Crippen LogP contribution in [0, 0.1) is 11.6 Å². The van der Waals surface area contributed by atoms with Gasteiger partial charge in [-0.3, -0.25) is 4.68 Å². The van der Waals surface area contributed by atoms with Crippen molar-refractivity contribution in [1.29, 1.82) is 0 Å². The van der Waals surface area contributed by atoms with Crippen LogP contribution in [0.4, 0.5) is 8.78 Å². The molecule has 0 radical (unpaired) electrons. The van der Waals surface area contributed by atoms with E-state index in [1.807, 2.05) is 0 Å². The van der Waals surface area contributed by atoms with Crippen molar-refractivity contribution in [3.8, 4) is 5.88 Å². The monoisotopic (exact) mass is 344 g/mol. The van der Waals surface area contributed by atoms with Gasteiger partial charge in [0, 0.05) is 6.20 Å². The van der Waals surface area contributed by atoms with E-state index in [1.165, 1.54) is 41.2 Å². The van der Waals surface area contributed by atoms with Crippen LogP contribution in [-0.4, -0.2) is 20.9 Å². The highest BCUT2D eigenvalue weighted by atomic mass is 19.1. The number of aromatic carboxylic acids is 1. The molecule has 0 aliphatic carbocycles. The van der Waals surface area contributed by atoms with Crippen LogP contribution in [0.2, 0.25) is 0 Å². The Balaban J connectivity index is 1.78. The number of hydrogen-bond donors (Lipinski definition) is 1. The van der Waals surface area contributed by atoms with Crippen LogP contribution in [0.5, 0.6) is 5.88 Å². The quantitative estimate of drug-likeness (QED) is 0.743. The van der Waals surface area contributed by atoms with Crippen LogP contribution in [0.1, 0.15) is 21.5 Å². The van der Waals surface area contributed by atoms with Crippen molar-refractivity contribution in [1.82, 2.24) is 9.78 Å². The predicted octanol–water partition coefficient (Wildman–Crippen LogP) is 3.49. The van der Waals surface area contributed by atoms with Crippen molar-refractivity contribution < 1.29 is 23.4 Å². The number of halogens is 2. The fraction of sp³-hybridized carbons (Fsp3) is 0.111. The third-order valence-electron chi connectivity index (χ3n) is 3.46. The molecule has 7 heteroatoms. The number of carboxylic acids is 1. The standard InChI is InChI=1S/C18H14F2N2O3/c19-14-5-1-3-12(7-14)9-22-10-16(18(23)24)17(21-22)25-11-13-4-2-6-15(20)8-13/h1-8,10H,9,11H2,(H,23,24). The Labute approximate surface area is 142 Å². The summed E-state index contributed by atoms with van der Waals surface area (Å²) in [5, 5.41) is 13.4. The van der Waals surface area contributed by atoms with Gasteiger partial charge < -0.3 is 9.84 Å². The third kappa shape index (κ3) is 4.20. The molecular weight excluding hydrogens is 330 g/mol. The molecular formula is C18H14F2N2O3. The highest BCUT2D eigenvalue weighted by Crippen LogP contribution is 2.19. The first-order valence-corrected chi connectivity index (χ1v) is 7.44. The van der Waals surface area contributed by atoms with E-state index < -0.39 is 11.8 Å². The van der Waals surface area contributed by atoms with Gasteiger partial charge in [-0.25, -0.2) is 13.6 Å². The Hall–Kier alpha value is -3.22. The molecule has 0 saturated carbocycles. The van der Waals surface area contributed by atoms with Crippen LogP contribution >= 0.6 is 0 Å². The molecule has 25 heavy (non-hydrogen) atoms. The second kappa shape index (κ2) is 7.12. The summed E-state index contributed by atoms with van der Waals surface area (Å²) in [6.45, 7) is 0.177. The van der Waals surface area contributed by atoms with E-state index in [0.717, 1.165) is 0 Å². The van der Waals surface area contributed by atoms with Crippen LogP contribution in [-0.2, 0) is 13.2 Å². The molecule has 1 heterocycles. The maximum Gasteiger partial charge on any atom is 0.342 e. The predicted molar refractivity (Wildman–Crippen MR) is 85.4 cm³/mol. The molecule has 0 aliphatic rings. The summed E-state index contributed by atoms with van der Waals surface area (Å²) in [5.74, 6) is -2.06. The fourth-order valence-corrected chi connectivity index (χ4v) is 2.34. The lowest BCUT2D eigenvalue weighted by Gasteiger charge is -2.04. The van der Waals surface area contributed by atoms with Crippen molar-refractivity contribution in [3.05, 3.63) is 83.1 Å². The number of benzene rings is 2. The van der Waals surface area contributed by atoms with E-state index in [2.05, 4.69) is 5.10 Å². The molecule has 1 N–H and O–H groups in total. The van der Waals surface area contributed by atoms with Gasteiger partial charge >= 0.3 is 5.97 Å². The summed E-state index contributed by atoms with van der Waals surface area (Å²) in [5.41, 5.74) is 1.07. The number of carboxylic acid groups (broad SMARTS) is 1. The summed E-state index contributed by atoms with van der Waals surface area (Å²) in [7, 11) is 0. The lowest BCUT2D eigenvalue weighted by atomic mass is 10.2. The lowest BCUT2D eigenvalue weighted by molar-refractivity contribution is 0.0691. The molecule has 0 amide bonds. The van der Waals surface area contributed by atoms with Gasteiger partial charge in [-0.15, -0.1) is 5.10 Å². The van der Waals surface area contributed by atoms with Gasteiger partial charge in [0.25, 0.3) is 0 Å². The van der Waals surface area contributed by atoms with Crippen molar-refractivity contribution >= 4 is 5.97 Å². The summed E-state index contributed by atoms with van der Waals surface area (Å²) < 4.78 is 33.2. The molecule has 0 aliphatic heterocycles. The van der Waals surface area contributed by atoms with Crippen LogP contribution < -0.4 is 4.74 Å². The van der Waals surface area contributed by atoms with Gasteiger partial charge in [-0.05, 0) is 35.4 Å². The Morgan fingerprint density at radius 2 is 1.72 bits per heavy atom. The average Bonchev–Trinajstić information content (AvgIpc) is 2.96. The highest BCUT2D eigenvalue weighted by molar-refractivity contribution is 5.89. The second-order valence-corrected chi connectivity index (χ2v) is 5.40. The zero-order chi connectivity index (χ0) is 17.8. The topological polar surface area (TPSA) is 64.3 Å². The van der Waals surface area contributed by atoms with Crippen molar-refractivity contribution in [3.63, 3.8) is 0 Å². The minimum Gasteiger partial charge on any atom is -0.477 e. The van der Waals surface area contributed by atoms with Crippen LogP contribution in [0.15, 0.2) is 54.7 Å². The molecule has 128 valence electrons. The maximum atomic E-state index is 13.2. The molecule has 0 atom stereocenters. The molecule has 0 spiro atoms. The number of aromatic nitrogens is 2. The van der Waals surface area contributed by atoms with Gasteiger partial charge in [-0.1, -0.05) is 24.3 Å². The first-order valence-electron chi connectivity index (χ1n) is 7.44. The first-order chi connectivity index (χ1) is 12.0. The number of carbonyl (C=O) groups is 1. The summed E-state index contributed by atoms with van der Waals surface area (Å²) in [4.78, 5) is 11.4. The normalized spacial score (nSPS) is 10.6. The van der Waals surface area contributed by atoms with Crippen molar-refractivity contribution in [2.45, 2.75) is 13.2 Å². The lowest BCUT2D eigenvalue weighted by Crippen LogP contribution is -2.02. The average molecular weight is 344 g/mol. The van der Waals surface area contributed by atoms with Gasteiger partial charge in [-0.2, -0.15) is 0 Å². The molecule has 3 aromatic rings. The van der Waals surface area contributed by atoms with E-state index in [0.29, 0.717) is 11.1 Å². The molecule has 1 aromatic heterocycles. The zero-order valence-corrected chi connectivity index (χ0v) is 13.0. The molecule has 0 bridgehead atoms. The van der Waals surface area contributed by atoms with Gasteiger partial charge in [0.2, 0.25) is 5.88 Å². The first kappa shape index (κ1) is 16.6. The summed E-state index contributed by atoms with van der Waals surface area (Å²) >= 11 is 0. The van der Waals surface area contributed by atoms with E-state index in [4.69, 9.17) is 4.74 Å². The number of nitrogens with zero attached hydrogens (tertiary/aromatic N) is 2. The van der Waals surface area contributed by atoms with Crippen molar-refractivity contribution in [2.24, 2.45) is 0 Å². The molecule has 0 unspecified atom stereocenters. The van der Waals surface area contributed by atoms with Crippen LogP contribution in [0.25, 0.3) is 0 Å². The Morgan fingerprint density at radius 1 is 1.08 bits per heavy atom. The van der Waals surface area contributed by atoms with E-state index in [1.54, 1.807) is 18.2 Å². The van der Waals surface area contributed by atoms with E-state index >= 15 is 0 Å². The zero-order valence-electron chi connectivity index (χ0n) is 13.0. The van der Waals surface area contributed by atoms with Gasteiger partial charge in [0.15, 0.2) is 0 Å². The largest absolute Gasteiger partial charge is 0.477 e. The molecule has 5 nitrogen and oxygen atoms in total. The van der Waals surface area contributed by atoms with E-state index in [9.17, 15) is 18.7 Å². The molecule has 2 aromatic carbocycles. The Bertz CT molecular complexity index is 909. The number of hydrogen-bond acceptors (Lipinski definition) is 3. The SMILES string of the molecule is O=C(O)c1cn(Cc2cccc(F)c2)nc1OCc1cccc(F)c1. The molecule has 0 saturated heterocycles. The highest BCUT2D eigenvalue weighted by Gasteiger charge is 2.17. The number of ether oxygens (including phenoxy) is 1. The fourth-order valence-electron chi connectivity index (χ4n) is 2.34. The Kier molecular flexibility index (Phi) is 4.74. The smallest absolute Gasteiger partial charge is 0.342 e.